The van der Waals surface area contributed by atoms with Crippen molar-refractivity contribution in [2.45, 2.75) is 0 Å². The molecule has 0 aromatic heterocycles. The van der Waals surface area contributed by atoms with Gasteiger partial charge in [-0.25, -0.2) is 4.79 Å². The van der Waals surface area contributed by atoms with E-state index in [1.807, 2.05) is 0 Å². The fourth-order valence-electron chi connectivity index (χ4n) is 0.375. The van der Waals surface area contributed by atoms with E-state index < -0.39 is 13.3 Å². The summed E-state index contributed by atoms with van der Waals surface area (Å²) in [5.41, 5.74) is 0. The zero-order valence-corrected chi connectivity index (χ0v) is 7.21. The van der Waals surface area contributed by atoms with Gasteiger partial charge in [-0.15, -0.1) is 0 Å². The van der Waals surface area contributed by atoms with Crippen LogP contribution >= 0.6 is 7.37 Å². The second kappa shape index (κ2) is 4.31. The number of carbonyl (C=O) groups excluding carboxylic acids is 1. The number of carbonyl (C=O) groups is 1. The molecule has 1 unspecified atom stereocenters. The Hall–Kier alpha value is -0.600. The first kappa shape index (κ1) is 10.4. The molecule has 0 aromatic rings. The Morgan fingerprint density at radius 3 is 2.73 bits per heavy atom. The summed E-state index contributed by atoms with van der Waals surface area (Å²) in [6, 6.07) is 0. The van der Waals surface area contributed by atoms with Crippen LogP contribution in [0.3, 0.4) is 0 Å². The summed E-state index contributed by atoms with van der Waals surface area (Å²) in [6.07, 6.45) is 1.00. The number of rotatable bonds is 4. The minimum absolute atomic E-state index is 0.00736. The second-order valence-corrected chi connectivity index (χ2v) is 4.70. The number of esters is 1. The van der Waals surface area contributed by atoms with Crippen LogP contribution in [-0.2, 0) is 14.1 Å². The number of ether oxygens (including phenoxy) is 1. The standard InChI is InChI=1S/C6H11O4P/c1-3-6(7)10-4-5-11(2,8)9/h3H,1,4-5H2,2H3,(H,8,9). The zero-order valence-electron chi connectivity index (χ0n) is 6.32. The van der Waals surface area contributed by atoms with Crippen molar-refractivity contribution >= 4 is 13.3 Å². The lowest BCUT2D eigenvalue weighted by molar-refractivity contribution is -0.137. The monoisotopic (exact) mass is 178 g/mol. The van der Waals surface area contributed by atoms with Crippen LogP contribution in [0.5, 0.6) is 0 Å². The van der Waals surface area contributed by atoms with E-state index in [9.17, 15) is 9.36 Å². The van der Waals surface area contributed by atoms with Crippen molar-refractivity contribution in [1.29, 1.82) is 0 Å². The molecule has 11 heavy (non-hydrogen) atoms. The Kier molecular flexibility index (Phi) is 4.08. The fourth-order valence-corrected chi connectivity index (χ4v) is 0.805. The predicted octanol–water partition coefficient (Wildman–Crippen LogP) is 0.616. The minimum Gasteiger partial charge on any atom is -0.462 e. The molecule has 0 aliphatic carbocycles. The summed E-state index contributed by atoms with van der Waals surface area (Å²) in [6.45, 7) is 4.35. The molecule has 0 saturated carbocycles. The molecule has 4 nitrogen and oxygen atoms in total. The third-order valence-corrected chi connectivity index (χ3v) is 1.93. The molecule has 0 aliphatic heterocycles. The van der Waals surface area contributed by atoms with Crippen LogP contribution in [0.25, 0.3) is 0 Å². The minimum atomic E-state index is -3.04. The molecule has 0 saturated heterocycles. The highest BCUT2D eigenvalue weighted by Crippen LogP contribution is 2.33. The smallest absolute Gasteiger partial charge is 0.330 e. The number of hydrogen-bond donors (Lipinski definition) is 1. The van der Waals surface area contributed by atoms with Crippen LogP contribution < -0.4 is 0 Å². The van der Waals surface area contributed by atoms with Crippen LogP contribution in [-0.4, -0.2) is 30.3 Å². The highest BCUT2D eigenvalue weighted by atomic mass is 31.2. The van der Waals surface area contributed by atoms with Crippen molar-refractivity contribution in [3.8, 4) is 0 Å². The largest absolute Gasteiger partial charge is 0.462 e. The van der Waals surface area contributed by atoms with E-state index in [0.717, 1.165) is 6.08 Å². The quantitative estimate of drug-likeness (QED) is 0.389. The maximum absolute atomic E-state index is 10.6. The third kappa shape index (κ3) is 7.30. The first-order valence-electron chi connectivity index (χ1n) is 3.04. The van der Waals surface area contributed by atoms with Gasteiger partial charge < -0.3 is 9.63 Å². The van der Waals surface area contributed by atoms with E-state index in [2.05, 4.69) is 11.3 Å². The lowest BCUT2D eigenvalue weighted by atomic mass is 10.6. The molecule has 0 heterocycles. The van der Waals surface area contributed by atoms with Gasteiger partial charge in [-0.1, -0.05) is 6.58 Å². The van der Waals surface area contributed by atoms with E-state index in [1.165, 1.54) is 6.66 Å². The Morgan fingerprint density at radius 2 is 2.36 bits per heavy atom. The molecule has 0 aliphatic rings. The summed E-state index contributed by atoms with van der Waals surface area (Å²) in [5, 5.41) is 0. The van der Waals surface area contributed by atoms with Gasteiger partial charge in [0.25, 0.3) is 0 Å². The van der Waals surface area contributed by atoms with Gasteiger partial charge in [0, 0.05) is 12.7 Å². The molecule has 0 aromatic carbocycles. The van der Waals surface area contributed by atoms with Crippen LogP contribution in [0.15, 0.2) is 12.7 Å². The summed E-state index contributed by atoms with van der Waals surface area (Å²) in [5.74, 6) is -0.571. The van der Waals surface area contributed by atoms with Gasteiger partial charge >= 0.3 is 5.97 Å². The molecule has 5 heteroatoms. The Balaban J connectivity index is 3.51. The molecule has 0 spiro atoms. The van der Waals surface area contributed by atoms with Gasteiger partial charge in [-0.3, -0.25) is 4.57 Å². The van der Waals surface area contributed by atoms with Crippen molar-refractivity contribution in [3.63, 3.8) is 0 Å². The van der Waals surface area contributed by atoms with Gasteiger partial charge in [0.1, 0.15) is 6.61 Å². The summed E-state index contributed by atoms with van der Waals surface area (Å²) in [7, 11) is -3.04. The van der Waals surface area contributed by atoms with Crippen LogP contribution in [0.1, 0.15) is 0 Å². The molecule has 64 valence electrons. The topological polar surface area (TPSA) is 63.6 Å². The summed E-state index contributed by atoms with van der Waals surface area (Å²) in [4.78, 5) is 19.1. The lowest BCUT2D eigenvalue weighted by Gasteiger charge is -2.04. The molecule has 1 N–H and O–H groups in total. The molecular formula is C6H11O4P. The highest BCUT2D eigenvalue weighted by Gasteiger charge is 2.09. The first-order valence-corrected chi connectivity index (χ1v) is 5.33. The summed E-state index contributed by atoms with van der Waals surface area (Å²) < 4.78 is 15.1. The lowest BCUT2D eigenvalue weighted by Crippen LogP contribution is -2.05. The van der Waals surface area contributed by atoms with Crippen LogP contribution in [0.4, 0.5) is 0 Å². The van der Waals surface area contributed by atoms with Gasteiger partial charge in [-0.2, -0.15) is 0 Å². The van der Waals surface area contributed by atoms with E-state index >= 15 is 0 Å². The SMILES string of the molecule is C=CC(=O)OCCP(C)(=O)O. The number of hydrogen-bond acceptors (Lipinski definition) is 3. The van der Waals surface area contributed by atoms with Gasteiger partial charge in [0.15, 0.2) is 0 Å². The van der Waals surface area contributed by atoms with Crippen molar-refractivity contribution in [2.75, 3.05) is 19.4 Å². The van der Waals surface area contributed by atoms with E-state index in [-0.39, 0.29) is 12.8 Å². The molecule has 0 radical (unpaired) electrons. The average Bonchev–Trinajstić information content (AvgIpc) is 1.85. The molecular weight excluding hydrogens is 167 g/mol. The third-order valence-electron chi connectivity index (χ3n) is 0.917. The Bertz CT molecular complexity index is 193. The van der Waals surface area contributed by atoms with Gasteiger partial charge in [-0.05, 0) is 0 Å². The maximum Gasteiger partial charge on any atom is 0.330 e. The van der Waals surface area contributed by atoms with Gasteiger partial charge in [0.2, 0.25) is 7.37 Å². The van der Waals surface area contributed by atoms with Crippen LogP contribution in [0.2, 0.25) is 0 Å². The zero-order chi connectivity index (χ0) is 8.91. The first-order chi connectivity index (χ1) is 4.95. The normalized spacial score (nSPS) is 15.1. The molecule has 0 rings (SSSR count). The molecule has 0 fully saturated rings. The molecule has 0 amide bonds. The maximum atomic E-state index is 10.6. The summed E-state index contributed by atoms with van der Waals surface area (Å²) >= 11 is 0. The van der Waals surface area contributed by atoms with Crippen molar-refractivity contribution in [2.24, 2.45) is 0 Å². The molecule has 1 atom stereocenters. The average molecular weight is 178 g/mol. The second-order valence-electron chi connectivity index (χ2n) is 2.15. The van der Waals surface area contributed by atoms with E-state index in [0.29, 0.717) is 0 Å². The van der Waals surface area contributed by atoms with E-state index in [4.69, 9.17) is 4.89 Å². The van der Waals surface area contributed by atoms with E-state index in [1.54, 1.807) is 0 Å². The predicted molar refractivity (Wildman–Crippen MR) is 41.8 cm³/mol. The van der Waals surface area contributed by atoms with Crippen LogP contribution in [0, 0.1) is 0 Å². The van der Waals surface area contributed by atoms with Crippen molar-refractivity contribution in [1.82, 2.24) is 0 Å². The molecule has 0 bridgehead atoms. The highest BCUT2D eigenvalue weighted by molar-refractivity contribution is 7.57. The fraction of sp³-hybridized carbons (Fsp3) is 0.500. The Morgan fingerprint density at radius 1 is 1.82 bits per heavy atom. The van der Waals surface area contributed by atoms with Crippen molar-refractivity contribution < 1.29 is 19.0 Å². The van der Waals surface area contributed by atoms with Gasteiger partial charge in [0.05, 0.1) is 6.16 Å². The Labute approximate surface area is 65.3 Å². The van der Waals surface area contributed by atoms with Crippen molar-refractivity contribution in [3.05, 3.63) is 12.7 Å².